The number of rotatable bonds is 1. The zero-order chi connectivity index (χ0) is 16.4. The average Bonchev–Trinajstić information content (AvgIpc) is 2.57. The molecule has 0 saturated carbocycles. The van der Waals surface area contributed by atoms with E-state index in [9.17, 15) is 13.2 Å². The first-order chi connectivity index (χ1) is 11.1. The third-order valence-corrected chi connectivity index (χ3v) is 4.45. The van der Waals surface area contributed by atoms with Crippen LogP contribution in [-0.4, -0.2) is 0 Å². The van der Waals surface area contributed by atoms with Gasteiger partial charge in [-0.1, -0.05) is 31.3 Å². The molecule has 0 aliphatic heterocycles. The van der Waals surface area contributed by atoms with Gasteiger partial charge in [-0.05, 0) is 60.6 Å². The summed E-state index contributed by atoms with van der Waals surface area (Å²) in [5, 5.41) is 0. The third kappa shape index (κ3) is 3.42. The predicted molar refractivity (Wildman–Crippen MR) is 84.5 cm³/mol. The lowest BCUT2D eigenvalue weighted by molar-refractivity contribution is 0.445. The molecule has 0 saturated heterocycles. The number of halogens is 3. The van der Waals surface area contributed by atoms with E-state index in [0.717, 1.165) is 36.5 Å². The van der Waals surface area contributed by atoms with Gasteiger partial charge in [-0.2, -0.15) is 0 Å². The van der Waals surface area contributed by atoms with Crippen LogP contribution >= 0.6 is 0 Å². The highest BCUT2D eigenvalue weighted by atomic mass is 19.2. The summed E-state index contributed by atoms with van der Waals surface area (Å²) in [5.74, 6) is 2.46. The van der Waals surface area contributed by atoms with Crippen LogP contribution in [0.1, 0.15) is 42.0 Å². The van der Waals surface area contributed by atoms with Gasteiger partial charge in [0.05, 0.1) is 0 Å². The first-order valence-corrected chi connectivity index (χ1v) is 7.85. The molecular formula is C20H17F3. The fraction of sp³-hybridized carbons (Fsp3) is 0.300. The Hall–Kier alpha value is -2.21. The molecule has 2 aromatic carbocycles. The van der Waals surface area contributed by atoms with E-state index >= 15 is 0 Å². The van der Waals surface area contributed by atoms with Gasteiger partial charge in [-0.3, -0.25) is 0 Å². The molecule has 0 heterocycles. The Bertz CT molecular complexity index is 773. The minimum Gasteiger partial charge on any atom is -0.204 e. The molecule has 1 unspecified atom stereocenters. The molecule has 3 heteroatoms. The molecule has 2 aromatic rings. The first-order valence-electron chi connectivity index (χ1n) is 7.85. The highest BCUT2D eigenvalue weighted by Crippen LogP contribution is 2.28. The second kappa shape index (κ2) is 6.50. The van der Waals surface area contributed by atoms with Gasteiger partial charge < -0.3 is 0 Å². The maximum atomic E-state index is 13.2. The molecule has 1 aliphatic rings. The summed E-state index contributed by atoms with van der Waals surface area (Å²) in [7, 11) is 0. The Labute approximate surface area is 134 Å². The lowest BCUT2D eigenvalue weighted by Gasteiger charge is -2.23. The number of hydrogen-bond donors (Lipinski definition) is 0. The van der Waals surface area contributed by atoms with Crippen molar-refractivity contribution in [2.24, 2.45) is 5.92 Å². The van der Waals surface area contributed by atoms with Crippen LogP contribution in [0.3, 0.4) is 0 Å². The maximum Gasteiger partial charge on any atom is 0.194 e. The van der Waals surface area contributed by atoms with Gasteiger partial charge in [-0.25, -0.2) is 13.2 Å². The van der Waals surface area contributed by atoms with Gasteiger partial charge >= 0.3 is 0 Å². The molecule has 23 heavy (non-hydrogen) atoms. The molecule has 0 bridgehead atoms. The smallest absolute Gasteiger partial charge is 0.194 e. The van der Waals surface area contributed by atoms with Crippen LogP contribution in [-0.2, 0) is 12.8 Å². The maximum absolute atomic E-state index is 13.2. The molecule has 0 N–H and O–H groups in total. The molecule has 0 nitrogen and oxygen atoms in total. The van der Waals surface area contributed by atoms with E-state index in [-0.39, 0.29) is 5.56 Å². The van der Waals surface area contributed by atoms with Crippen molar-refractivity contribution < 1.29 is 13.2 Å². The average molecular weight is 314 g/mol. The minimum atomic E-state index is -1.46. The molecule has 0 amide bonds. The Kier molecular flexibility index (Phi) is 4.43. The molecule has 0 spiro atoms. The SMILES string of the molecule is CCC1CCc2cc(C#Cc3cc(F)c(F)c(F)c3)ccc2C1. The van der Waals surface area contributed by atoms with Crippen LogP contribution < -0.4 is 0 Å². The summed E-state index contributed by atoms with van der Waals surface area (Å²) in [6.07, 6.45) is 4.54. The fourth-order valence-corrected chi connectivity index (χ4v) is 3.03. The Morgan fingerprint density at radius 1 is 0.957 bits per heavy atom. The van der Waals surface area contributed by atoms with Crippen molar-refractivity contribution >= 4 is 0 Å². The van der Waals surface area contributed by atoms with Crippen molar-refractivity contribution in [2.45, 2.75) is 32.6 Å². The van der Waals surface area contributed by atoms with E-state index in [1.807, 2.05) is 12.1 Å². The van der Waals surface area contributed by atoms with E-state index in [0.29, 0.717) is 0 Å². The van der Waals surface area contributed by atoms with Gasteiger partial charge in [0.1, 0.15) is 0 Å². The van der Waals surface area contributed by atoms with E-state index < -0.39 is 17.5 Å². The van der Waals surface area contributed by atoms with E-state index in [1.165, 1.54) is 24.0 Å². The van der Waals surface area contributed by atoms with Gasteiger partial charge in [0.25, 0.3) is 0 Å². The summed E-state index contributed by atoms with van der Waals surface area (Å²) >= 11 is 0. The summed E-state index contributed by atoms with van der Waals surface area (Å²) in [6.45, 7) is 2.22. The normalized spacial score (nSPS) is 16.4. The summed E-state index contributed by atoms with van der Waals surface area (Å²) in [4.78, 5) is 0. The third-order valence-electron chi connectivity index (χ3n) is 4.45. The molecule has 3 rings (SSSR count). The zero-order valence-electron chi connectivity index (χ0n) is 12.9. The van der Waals surface area contributed by atoms with E-state index in [1.54, 1.807) is 0 Å². The van der Waals surface area contributed by atoms with Crippen molar-refractivity contribution in [3.05, 3.63) is 70.0 Å². The monoisotopic (exact) mass is 314 g/mol. The molecule has 0 radical (unpaired) electrons. The topological polar surface area (TPSA) is 0 Å². The van der Waals surface area contributed by atoms with Crippen molar-refractivity contribution in [3.8, 4) is 11.8 Å². The highest BCUT2D eigenvalue weighted by molar-refractivity contribution is 5.46. The summed E-state index contributed by atoms with van der Waals surface area (Å²) in [5.41, 5.74) is 3.61. The van der Waals surface area contributed by atoms with Gasteiger partial charge in [-0.15, -0.1) is 0 Å². The lowest BCUT2D eigenvalue weighted by Crippen LogP contribution is -2.13. The molecule has 0 fully saturated rings. The summed E-state index contributed by atoms with van der Waals surface area (Å²) in [6, 6.07) is 7.89. The van der Waals surface area contributed by atoms with Crippen LogP contribution in [0.4, 0.5) is 13.2 Å². The second-order valence-electron chi connectivity index (χ2n) is 6.00. The van der Waals surface area contributed by atoms with Crippen molar-refractivity contribution in [2.75, 3.05) is 0 Å². The Morgan fingerprint density at radius 2 is 1.65 bits per heavy atom. The number of benzene rings is 2. The first kappa shape index (κ1) is 15.7. The highest BCUT2D eigenvalue weighted by Gasteiger charge is 2.17. The fourth-order valence-electron chi connectivity index (χ4n) is 3.03. The molecule has 0 aromatic heterocycles. The Balaban J connectivity index is 1.85. The van der Waals surface area contributed by atoms with E-state index in [2.05, 4.69) is 24.8 Å². The van der Waals surface area contributed by atoms with Gasteiger partial charge in [0.2, 0.25) is 0 Å². The van der Waals surface area contributed by atoms with Crippen molar-refractivity contribution in [3.63, 3.8) is 0 Å². The minimum absolute atomic E-state index is 0.130. The van der Waals surface area contributed by atoms with Crippen LogP contribution in [0.25, 0.3) is 0 Å². The standard InChI is InChI=1S/C20H17F3/c1-2-13-5-7-17-10-14(6-8-16(17)9-13)3-4-15-11-18(21)20(23)19(22)12-15/h6,8,10-13H,2,5,7,9H2,1H3. The number of hydrogen-bond acceptors (Lipinski definition) is 0. The predicted octanol–water partition coefficient (Wildman–Crippen LogP) is 5.02. The van der Waals surface area contributed by atoms with Crippen molar-refractivity contribution in [1.29, 1.82) is 0 Å². The quantitative estimate of drug-likeness (QED) is 0.512. The van der Waals surface area contributed by atoms with Gasteiger partial charge in [0, 0.05) is 11.1 Å². The van der Waals surface area contributed by atoms with E-state index in [4.69, 9.17) is 0 Å². The Morgan fingerprint density at radius 3 is 2.35 bits per heavy atom. The van der Waals surface area contributed by atoms with Gasteiger partial charge in [0.15, 0.2) is 17.5 Å². The van der Waals surface area contributed by atoms with Crippen LogP contribution in [0, 0.1) is 35.2 Å². The molecular weight excluding hydrogens is 297 g/mol. The summed E-state index contributed by atoms with van der Waals surface area (Å²) < 4.78 is 39.3. The largest absolute Gasteiger partial charge is 0.204 e. The molecule has 1 aliphatic carbocycles. The second-order valence-corrected chi connectivity index (χ2v) is 6.00. The number of aryl methyl sites for hydroxylation is 1. The molecule has 1 atom stereocenters. The van der Waals surface area contributed by atoms with Crippen molar-refractivity contribution in [1.82, 2.24) is 0 Å². The number of fused-ring (bicyclic) bond motifs is 1. The van der Waals surface area contributed by atoms with Crippen LogP contribution in [0.2, 0.25) is 0 Å². The molecule has 118 valence electrons. The van der Waals surface area contributed by atoms with Crippen LogP contribution in [0.5, 0.6) is 0 Å². The zero-order valence-corrected chi connectivity index (χ0v) is 12.9. The van der Waals surface area contributed by atoms with Crippen LogP contribution in [0.15, 0.2) is 30.3 Å². The lowest BCUT2D eigenvalue weighted by atomic mass is 9.82.